The fourth-order valence-electron chi connectivity index (χ4n) is 1.51. The normalized spacial score (nSPS) is 11.1. The van der Waals surface area contributed by atoms with Crippen molar-refractivity contribution in [3.63, 3.8) is 0 Å². The SMILES string of the molecule is Cc1nc(-c2ccsc2)ncc1CNC(C)C. The van der Waals surface area contributed by atoms with Gasteiger partial charge in [0.1, 0.15) is 0 Å². The number of nitrogens with one attached hydrogen (secondary N) is 1. The first-order chi connectivity index (χ1) is 8.16. The molecule has 0 saturated heterocycles. The van der Waals surface area contributed by atoms with E-state index in [0.717, 1.165) is 29.2 Å². The van der Waals surface area contributed by atoms with Crippen molar-refractivity contribution in [2.75, 3.05) is 0 Å². The summed E-state index contributed by atoms with van der Waals surface area (Å²) in [7, 11) is 0. The summed E-state index contributed by atoms with van der Waals surface area (Å²) in [6, 6.07) is 2.52. The first-order valence-corrected chi connectivity index (χ1v) is 6.69. The van der Waals surface area contributed by atoms with E-state index in [1.807, 2.05) is 24.6 Å². The summed E-state index contributed by atoms with van der Waals surface area (Å²) in [6.45, 7) is 7.13. The summed E-state index contributed by atoms with van der Waals surface area (Å²) in [5.41, 5.74) is 3.31. The van der Waals surface area contributed by atoms with Crippen molar-refractivity contribution in [3.8, 4) is 11.4 Å². The third-order valence-electron chi connectivity index (χ3n) is 2.56. The first kappa shape index (κ1) is 12.2. The smallest absolute Gasteiger partial charge is 0.160 e. The molecule has 4 heteroatoms. The van der Waals surface area contributed by atoms with Crippen LogP contribution in [0.1, 0.15) is 25.1 Å². The van der Waals surface area contributed by atoms with Crippen LogP contribution in [0, 0.1) is 6.92 Å². The average Bonchev–Trinajstić information content (AvgIpc) is 2.80. The molecule has 0 aliphatic rings. The van der Waals surface area contributed by atoms with Crippen molar-refractivity contribution in [2.24, 2.45) is 0 Å². The Balaban J connectivity index is 2.17. The topological polar surface area (TPSA) is 37.8 Å². The Kier molecular flexibility index (Phi) is 3.86. The number of hydrogen-bond donors (Lipinski definition) is 1. The van der Waals surface area contributed by atoms with Crippen LogP contribution in [0.3, 0.4) is 0 Å². The second-order valence-corrected chi connectivity index (χ2v) is 5.13. The van der Waals surface area contributed by atoms with Crippen LogP contribution in [0.2, 0.25) is 0 Å². The van der Waals surface area contributed by atoms with Gasteiger partial charge in [-0.05, 0) is 18.4 Å². The molecule has 1 N–H and O–H groups in total. The van der Waals surface area contributed by atoms with Crippen molar-refractivity contribution < 1.29 is 0 Å². The summed E-state index contributed by atoms with van der Waals surface area (Å²) in [6.07, 6.45) is 1.92. The van der Waals surface area contributed by atoms with Gasteiger partial charge in [-0.3, -0.25) is 0 Å². The van der Waals surface area contributed by atoms with Crippen LogP contribution in [0.15, 0.2) is 23.0 Å². The summed E-state index contributed by atoms with van der Waals surface area (Å²) in [4.78, 5) is 8.96. The zero-order chi connectivity index (χ0) is 12.3. The van der Waals surface area contributed by atoms with Gasteiger partial charge < -0.3 is 5.32 Å². The molecule has 3 nitrogen and oxygen atoms in total. The molecule has 0 unspecified atom stereocenters. The highest BCUT2D eigenvalue weighted by Crippen LogP contribution is 2.18. The maximum Gasteiger partial charge on any atom is 0.160 e. The van der Waals surface area contributed by atoms with Gasteiger partial charge in [-0.1, -0.05) is 13.8 Å². The Bertz CT molecular complexity index is 477. The van der Waals surface area contributed by atoms with Crippen LogP contribution < -0.4 is 5.32 Å². The molecule has 0 aromatic carbocycles. The molecule has 0 aliphatic heterocycles. The predicted octanol–water partition coefficient (Wildman–Crippen LogP) is 3.01. The van der Waals surface area contributed by atoms with Crippen molar-refractivity contribution in [2.45, 2.75) is 33.4 Å². The van der Waals surface area contributed by atoms with Crippen LogP contribution in [-0.4, -0.2) is 16.0 Å². The van der Waals surface area contributed by atoms with Crippen molar-refractivity contribution in [3.05, 3.63) is 34.3 Å². The lowest BCUT2D eigenvalue weighted by Gasteiger charge is -2.10. The highest BCUT2D eigenvalue weighted by Gasteiger charge is 2.06. The minimum atomic E-state index is 0.478. The van der Waals surface area contributed by atoms with Gasteiger partial charge in [0, 0.05) is 41.0 Å². The number of thiophene rings is 1. The van der Waals surface area contributed by atoms with Gasteiger partial charge in [0.15, 0.2) is 5.82 Å². The molecule has 2 aromatic heterocycles. The Morgan fingerprint density at radius 3 is 2.82 bits per heavy atom. The lowest BCUT2D eigenvalue weighted by Crippen LogP contribution is -2.22. The number of aryl methyl sites for hydroxylation is 1. The van der Waals surface area contributed by atoms with Crippen molar-refractivity contribution in [1.29, 1.82) is 0 Å². The van der Waals surface area contributed by atoms with Gasteiger partial charge in [-0.25, -0.2) is 9.97 Å². The number of rotatable bonds is 4. The summed E-state index contributed by atoms with van der Waals surface area (Å²) < 4.78 is 0. The highest BCUT2D eigenvalue weighted by molar-refractivity contribution is 7.08. The van der Waals surface area contributed by atoms with E-state index in [4.69, 9.17) is 0 Å². The molecule has 90 valence electrons. The maximum atomic E-state index is 4.55. The Hall–Kier alpha value is -1.26. The minimum absolute atomic E-state index is 0.478. The number of aromatic nitrogens is 2. The van der Waals surface area contributed by atoms with Gasteiger partial charge in [-0.2, -0.15) is 11.3 Å². The van der Waals surface area contributed by atoms with Crippen LogP contribution in [0.25, 0.3) is 11.4 Å². The highest BCUT2D eigenvalue weighted by atomic mass is 32.1. The van der Waals surface area contributed by atoms with Crippen LogP contribution in [0.4, 0.5) is 0 Å². The molecular weight excluding hydrogens is 230 g/mol. The molecule has 0 saturated carbocycles. The van der Waals surface area contributed by atoms with Crippen molar-refractivity contribution in [1.82, 2.24) is 15.3 Å². The Morgan fingerprint density at radius 1 is 1.41 bits per heavy atom. The van der Waals surface area contributed by atoms with E-state index >= 15 is 0 Å². The molecule has 0 radical (unpaired) electrons. The van der Waals surface area contributed by atoms with Crippen LogP contribution >= 0.6 is 11.3 Å². The fourth-order valence-corrected chi connectivity index (χ4v) is 2.14. The number of hydrogen-bond acceptors (Lipinski definition) is 4. The zero-order valence-electron chi connectivity index (χ0n) is 10.4. The van der Waals surface area contributed by atoms with E-state index in [1.54, 1.807) is 11.3 Å². The fraction of sp³-hybridized carbons (Fsp3) is 0.385. The molecule has 0 aliphatic carbocycles. The van der Waals surface area contributed by atoms with E-state index in [0.29, 0.717) is 6.04 Å². The van der Waals surface area contributed by atoms with E-state index in [-0.39, 0.29) is 0 Å². The van der Waals surface area contributed by atoms with Gasteiger partial charge in [0.05, 0.1) is 0 Å². The molecular formula is C13H17N3S. The quantitative estimate of drug-likeness (QED) is 0.902. The molecule has 0 atom stereocenters. The molecule has 17 heavy (non-hydrogen) atoms. The largest absolute Gasteiger partial charge is 0.310 e. The molecule has 0 spiro atoms. The van der Waals surface area contributed by atoms with Crippen molar-refractivity contribution >= 4 is 11.3 Å². The standard InChI is InChI=1S/C13H17N3S/c1-9(2)14-6-12-7-15-13(16-10(12)3)11-4-5-17-8-11/h4-5,7-9,14H,6H2,1-3H3. The molecule has 2 rings (SSSR count). The molecule has 0 amide bonds. The van der Waals surface area contributed by atoms with E-state index in [9.17, 15) is 0 Å². The molecule has 0 bridgehead atoms. The Morgan fingerprint density at radius 2 is 2.24 bits per heavy atom. The second-order valence-electron chi connectivity index (χ2n) is 4.35. The molecule has 0 fully saturated rings. The molecule has 2 heterocycles. The second kappa shape index (κ2) is 5.38. The van der Waals surface area contributed by atoms with Gasteiger partial charge in [0.2, 0.25) is 0 Å². The minimum Gasteiger partial charge on any atom is -0.310 e. The predicted molar refractivity (Wildman–Crippen MR) is 72.1 cm³/mol. The third-order valence-corrected chi connectivity index (χ3v) is 3.24. The summed E-state index contributed by atoms with van der Waals surface area (Å²) >= 11 is 1.67. The van der Waals surface area contributed by atoms with Gasteiger partial charge in [0.25, 0.3) is 0 Å². The summed E-state index contributed by atoms with van der Waals surface area (Å²) in [5, 5.41) is 7.49. The van der Waals surface area contributed by atoms with E-state index < -0.39 is 0 Å². The van der Waals surface area contributed by atoms with Crippen LogP contribution in [0.5, 0.6) is 0 Å². The number of nitrogens with zero attached hydrogens (tertiary/aromatic N) is 2. The van der Waals surface area contributed by atoms with Gasteiger partial charge >= 0.3 is 0 Å². The maximum absolute atomic E-state index is 4.55. The van der Waals surface area contributed by atoms with E-state index in [2.05, 4.69) is 34.5 Å². The summed E-state index contributed by atoms with van der Waals surface area (Å²) in [5.74, 6) is 0.817. The first-order valence-electron chi connectivity index (χ1n) is 5.75. The van der Waals surface area contributed by atoms with Gasteiger partial charge in [-0.15, -0.1) is 0 Å². The van der Waals surface area contributed by atoms with E-state index in [1.165, 1.54) is 0 Å². The van der Waals surface area contributed by atoms with Crippen LogP contribution in [-0.2, 0) is 6.54 Å². The lowest BCUT2D eigenvalue weighted by atomic mass is 10.2. The lowest BCUT2D eigenvalue weighted by molar-refractivity contribution is 0.585. The zero-order valence-corrected chi connectivity index (χ0v) is 11.2. The monoisotopic (exact) mass is 247 g/mol. The third kappa shape index (κ3) is 3.11. The average molecular weight is 247 g/mol. The molecule has 2 aromatic rings. The Labute approximate surface area is 106 Å².